The molecule has 5 nitrogen and oxygen atoms in total. The second-order valence-electron chi connectivity index (χ2n) is 4.44. The van der Waals surface area contributed by atoms with Gasteiger partial charge in [0.2, 0.25) is 0 Å². The van der Waals surface area contributed by atoms with E-state index in [1.807, 2.05) is 24.8 Å². The van der Waals surface area contributed by atoms with Crippen molar-refractivity contribution in [2.45, 2.75) is 6.54 Å². The Morgan fingerprint density at radius 2 is 2.22 bits per heavy atom. The van der Waals surface area contributed by atoms with Crippen LogP contribution < -0.4 is 0 Å². The van der Waals surface area contributed by atoms with Gasteiger partial charge in [-0.1, -0.05) is 0 Å². The summed E-state index contributed by atoms with van der Waals surface area (Å²) in [6.07, 6.45) is 1.78. The monoisotopic (exact) mass is 247 g/mol. The fourth-order valence-corrected chi connectivity index (χ4v) is 1.80. The van der Waals surface area contributed by atoms with E-state index in [0.29, 0.717) is 5.56 Å². The molecule has 2 rings (SSSR count). The minimum Gasteiger partial charge on any atom is -0.465 e. The van der Waals surface area contributed by atoms with Crippen molar-refractivity contribution in [3.05, 3.63) is 30.0 Å². The molecular formula is C13H17N3O2. The van der Waals surface area contributed by atoms with E-state index >= 15 is 0 Å². The fourth-order valence-electron chi connectivity index (χ4n) is 1.80. The molecule has 0 saturated heterocycles. The van der Waals surface area contributed by atoms with Gasteiger partial charge in [0.15, 0.2) is 0 Å². The summed E-state index contributed by atoms with van der Waals surface area (Å²) in [6.45, 7) is 1.75. The quantitative estimate of drug-likeness (QED) is 0.766. The molecule has 1 heterocycles. The van der Waals surface area contributed by atoms with Crippen LogP contribution in [-0.2, 0) is 11.3 Å². The molecule has 0 fully saturated rings. The summed E-state index contributed by atoms with van der Waals surface area (Å²) in [5.74, 6) is -0.321. The molecule has 96 valence electrons. The highest BCUT2D eigenvalue weighted by molar-refractivity contribution is 5.94. The number of benzene rings is 1. The Labute approximate surface area is 106 Å². The third-order valence-electron chi connectivity index (χ3n) is 2.82. The molecule has 0 aliphatic rings. The molecule has 0 atom stereocenters. The molecule has 0 unspecified atom stereocenters. The lowest BCUT2D eigenvalue weighted by Gasteiger charge is -2.10. The second kappa shape index (κ2) is 5.18. The van der Waals surface area contributed by atoms with Crippen molar-refractivity contribution in [1.82, 2.24) is 14.7 Å². The van der Waals surface area contributed by atoms with Gasteiger partial charge in [0.25, 0.3) is 0 Å². The maximum atomic E-state index is 11.4. The molecule has 0 N–H and O–H groups in total. The molecule has 0 aliphatic heterocycles. The van der Waals surface area contributed by atoms with Crippen LogP contribution in [0.3, 0.4) is 0 Å². The lowest BCUT2D eigenvalue weighted by molar-refractivity contribution is 0.0601. The second-order valence-corrected chi connectivity index (χ2v) is 4.44. The van der Waals surface area contributed by atoms with Crippen LogP contribution in [0.4, 0.5) is 0 Å². The van der Waals surface area contributed by atoms with Crippen LogP contribution in [0.2, 0.25) is 0 Å². The number of fused-ring (bicyclic) bond motifs is 1. The van der Waals surface area contributed by atoms with Crippen LogP contribution in [0.5, 0.6) is 0 Å². The van der Waals surface area contributed by atoms with E-state index in [1.165, 1.54) is 7.11 Å². The maximum absolute atomic E-state index is 11.4. The number of hydrogen-bond acceptors (Lipinski definition) is 4. The van der Waals surface area contributed by atoms with Crippen molar-refractivity contribution in [3.63, 3.8) is 0 Å². The molecule has 18 heavy (non-hydrogen) atoms. The Morgan fingerprint density at radius 1 is 1.44 bits per heavy atom. The van der Waals surface area contributed by atoms with Crippen LogP contribution >= 0.6 is 0 Å². The number of esters is 1. The number of ether oxygens (including phenoxy) is 1. The van der Waals surface area contributed by atoms with Gasteiger partial charge in [-0.2, -0.15) is 5.10 Å². The summed E-state index contributed by atoms with van der Waals surface area (Å²) in [5, 5.41) is 5.29. The average Bonchev–Trinajstić information content (AvgIpc) is 2.77. The Hall–Kier alpha value is -1.88. The highest BCUT2D eigenvalue weighted by Crippen LogP contribution is 2.16. The first-order valence-electron chi connectivity index (χ1n) is 5.80. The van der Waals surface area contributed by atoms with E-state index in [1.54, 1.807) is 18.3 Å². The molecule has 2 aromatic rings. The van der Waals surface area contributed by atoms with E-state index in [4.69, 9.17) is 4.74 Å². The molecule has 0 saturated carbocycles. The summed E-state index contributed by atoms with van der Waals surface area (Å²) in [5.41, 5.74) is 1.58. The van der Waals surface area contributed by atoms with Gasteiger partial charge >= 0.3 is 5.97 Å². The number of carbonyl (C=O) groups is 1. The van der Waals surface area contributed by atoms with Crippen LogP contribution in [0.25, 0.3) is 10.9 Å². The minimum atomic E-state index is -0.321. The lowest BCUT2D eigenvalue weighted by Crippen LogP contribution is -2.18. The normalized spacial score (nSPS) is 11.1. The third-order valence-corrected chi connectivity index (χ3v) is 2.82. The summed E-state index contributed by atoms with van der Waals surface area (Å²) in [4.78, 5) is 13.5. The number of rotatable bonds is 4. The Balaban J connectivity index is 2.29. The fraction of sp³-hybridized carbons (Fsp3) is 0.385. The molecule has 1 aromatic carbocycles. The third kappa shape index (κ3) is 2.51. The number of carbonyl (C=O) groups excluding carboxylic acids is 1. The summed E-state index contributed by atoms with van der Waals surface area (Å²) < 4.78 is 6.64. The van der Waals surface area contributed by atoms with Gasteiger partial charge in [-0.05, 0) is 32.3 Å². The van der Waals surface area contributed by atoms with Crippen LogP contribution in [0.15, 0.2) is 24.4 Å². The smallest absolute Gasteiger partial charge is 0.337 e. The van der Waals surface area contributed by atoms with Gasteiger partial charge < -0.3 is 9.64 Å². The van der Waals surface area contributed by atoms with Crippen LogP contribution in [-0.4, -0.2) is 48.4 Å². The van der Waals surface area contributed by atoms with E-state index in [-0.39, 0.29) is 5.97 Å². The molecule has 0 bridgehead atoms. The van der Waals surface area contributed by atoms with Gasteiger partial charge in [-0.15, -0.1) is 0 Å². The molecule has 0 spiro atoms. The Morgan fingerprint density at radius 3 is 2.89 bits per heavy atom. The van der Waals surface area contributed by atoms with Gasteiger partial charge in [-0.25, -0.2) is 4.79 Å². The zero-order chi connectivity index (χ0) is 13.1. The van der Waals surface area contributed by atoms with E-state index in [2.05, 4.69) is 10.00 Å². The minimum absolute atomic E-state index is 0.321. The van der Waals surface area contributed by atoms with Gasteiger partial charge in [0, 0.05) is 11.9 Å². The van der Waals surface area contributed by atoms with E-state index in [9.17, 15) is 4.79 Å². The highest BCUT2D eigenvalue weighted by Gasteiger charge is 2.08. The zero-order valence-electron chi connectivity index (χ0n) is 10.9. The van der Waals surface area contributed by atoms with Gasteiger partial charge in [0.05, 0.1) is 30.9 Å². The summed E-state index contributed by atoms with van der Waals surface area (Å²) in [7, 11) is 5.44. The number of likely N-dealkylation sites (N-methyl/N-ethyl adjacent to an activating group) is 1. The standard InChI is InChI=1S/C13H17N3O2/c1-15(2)6-7-16-12-5-4-10(13(17)18-3)8-11(12)9-14-16/h4-5,8-9H,6-7H2,1-3H3. The van der Waals surface area contributed by atoms with Crippen molar-refractivity contribution in [2.24, 2.45) is 0 Å². The number of methoxy groups -OCH3 is 1. The number of hydrogen-bond donors (Lipinski definition) is 0. The van der Waals surface area contributed by atoms with Crippen LogP contribution in [0, 0.1) is 0 Å². The van der Waals surface area contributed by atoms with Gasteiger partial charge in [0.1, 0.15) is 0 Å². The van der Waals surface area contributed by atoms with E-state index < -0.39 is 0 Å². The molecule has 1 aromatic heterocycles. The Kier molecular flexibility index (Phi) is 3.62. The zero-order valence-corrected chi connectivity index (χ0v) is 10.9. The summed E-state index contributed by atoms with van der Waals surface area (Å²) in [6, 6.07) is 5.48. The van der Waals surface area contributed by atoms with Crippen molar-refractivity contribution >= 4 is 16.9 Å². The van der Waals surface area contributed by atoms with Crippen molar-refractivity contribution < 1.29 is 9.53 Å². The first kappa shape index (κ1) is 12.6. The molecule has 0 amide bonds. The molecule has 5 heteroatoms. The predicted octanol–water partition coefficient (Wildman–Crippen LogP) is 1.38. The maximum Gasteiger partial charge on any atom is 0.337 e. The largest absolute Gasteiger partial charge is 0.465 e. The molecule has 0 radical (unpaired) electrons. The predicted molar refractivity (Wildman–Crippen MR) is 69.6 cm³/mol. The SMILES string of the molecule is COC(=O)c1ccc2c(cnn2CCN(C)C)c1. The summed E-state index contributed by atoms with van der Waals surface area (Å²) >= 11 is 0. The molecule has 0 aliphatic carbocycles. The topological polar surface area (TPSA) is 47.4 Å². The number of nitrogens with zero attached hydrogens (tertiary/aromatic N) is 3. The first-order valence-corrected chi connectivity index (χ1v) is 5.80. The lowest BCUT2D eigenvalue weighted by atomic mass is 10.1. The van der Waals surface area contributed by atoms with Crippen molar-refractivity contribution in [3.8, 4) is 0 Å². The van der Waals surface area contributed by atoms with Crippen LogP contribution in [0.1, 0.15) is 10.4 Å². The Bertz CT molecular complexity index is 560. The first-order chi connectivity index (χ1) is 8.61. The number of aromatic nitrogens is 2. The average molecular weight is 247 g/mol. The van der Waals surface area contributed by atoms with Crippen molar-refractivity contribution in [1.29, 1.82) is 0 Å². The van der Waals surface area contributed by atoms with E-state index in [0.717, 1.165) is 24.0 Å². The van der Waals surface area contributed by atoms with Gasteiger partial charge in [-0.3, -0.25) is 4.68 Å². The molecular weight excluding hydrogens is 230 g/mol. The van der Waals surface area contributed by atoms with Crippen molar-refractivity contribution in [2.75, 3.05) is 27.7 Å². The highest BCUT2D eigenvalue weighted by atomic mass is 16.5.